The first-order chi connectivity index (χ1) is 52.4. The highest BCUT2D eigenvalue weighted by Gasteiger charge is 2.39. The van der Waals surface area contributed by atoms with Crippen LogP contribution in [0.1, 0.15) is 112 Å². The molecule has 0 bridgehead atoms. The number of hydrogen-bond acceptors (Lipinski definition) is 25. The van der Waals surface area contributed by atoms with Crippen LogP contribution >= 0.6 is 25.3 Å². The highest BCUT2D eigenvalue weighted by Crippen LogP contribution is 2.20. The van der Waals surface area contributed by atoms with Crippen molar-refractivity contribution >= 4 is 149 Å². The Hall–Kier alpha value is -10.8. The maximum Gasteiger partial charge on any atom is 0.326 e. The van der Waals surface area contributed by atoms with Crippen LogP contribution in [0.15, 0.2) is 30.5 Å². The Morgan fingerprint density at radius 3 is 1.37 bits per heavy atom. The van der Waals surface area contributed by atoms with Crippen LogP contribution in [-0.4, -0.2) is 265 Å². The van der Waals surface area contributed by atoms with Crippen LogP contribution < -0.4 is 97.4 Å². The van der Waals surface area contributed by atoms with Gasteiger partial charge in [-0.05, 0) is 62.5 Å². The van der Waals surface area contributed by atoms with Gasteiger partial charge in [0, 0.05) is 41.4 Å². The van der Waals surface area contributed by atoms with Crippen LogP contribution in [0.3, 0.4) is 0 Å². The first-order valence-electron chi connectivity index (χ1n) is 35.4. The number of carbonyl (C=O) groups excluding carboxylic acids is 17. The number of H-pyrrole nitrogens is 1. The molecule has 43 nitrogen and oxygen atoms in total. The first-order valence-corrected chi connectivity index (χ1v) is 36.6. The predicted molar refractivity (Wildman–Crippen MR) is 402 cm³/mol. The van der Waals surface area contributed by atoms with Gasteiger partial charge in [-0.2, -0.15) is 25.3 Å². The summed E-state index contributed by atoms with van der Waals surface area (Å²) in [6.45, 7) is 8.76. The summed E-state index contributed by atoms with van der Waals surface area (Å²) < 4.78 is 0. The number of primary amides is 3. The van der Waals surface area contributed by atoms with Gasteiger partial charge in [-0.3, -0.25) is 86.3 Å². The Labute approximate surface area is 653 Å². The molecule has 0 saturated carbocycles. The highest BCUT2D eigenvalue weighted by molar-refractivity contribution is 7.80. The van der Waals surface area contributed by atoms with Crippen molar-refractivity contribution in [3.05, 3.63) is 36.0 Å². The maximum atomic E-state index is 14.6. The molecule has 0 aliphatic heterocycles. The van der Waals surface area contributed by atoms with E-state index in [-0.39, 0.29) is 30.9 Å². The molecule has 0 aliphatic rings. The molecule has 1 heterocycles. The molecule has 0 radical (unpaired) electrons. The summed E-state index contributed by atoms with van der Waals surface area (Å²) in [6, 6.07) is -17.0. The third-order valence-corrected chi connectivity index (χ3v) is 17.6. The third kappa shape index (κ3) is 33.4. The number of aliphatic carboxylic acids is 2. The molecule has 17 amide bonds. The number of fused-ring (bicyclic) bond motifs is 1. The molecule has 28 N–H and O–H groups in total. The van der Waals surface area contributed by atoms with E-state index in [1.165, 1.54) is 6.20 Å². The van der Waals surface area contributed by atoms with E-state index in [1.807, 2.05) is 0 Å². The average Bonchev–Trinajstić information content (AvgIpc) is 1.66. The summed E-state index contributed by atoms with van der Waals surface area (Å²) in [6.07, 6.45) is -4.35. The number of nitrogens with one attached hydrogen (secondary N) is 15. The number of hydrogen-bond donors (Lipinski definition) is 26. The second-order valence-corrected chi connectivity index (χ2v) is 27.9. The number of para-hydroxylation sites is 1. The Morgan fingerprint density at radius 2 is 0.875 bits per heavy atom. The number of carboxylic acids is 2. The van der Waals surface area contributed by atoms with Crippen molar-refractivity contribution < 1.29 is 117 Å². The number of thiol groups is 2. The molecule has 1 aromatic heterocycles. The Kier molecular flexibility index (Phi) is 41.8. The van der Waals surface area contributed by atoms with Crippen LogP contribution in [0.25, 0.3) is 10.9 Å². The number of aromatic amines is 1. The number of carboxylic acid groups (broad SMARTS) is 2. The zero-order valence-electron chi connectivity index (χ0n) is 62.9. The summed E-state index contributed by atoms with van der Waals surface area (Å²) >= 11 is 8.24. The molecule has 45 heteroatoms. The first kappa shape index (κ1) is 97.3. The van der Waals surface area contributed by atoms with Gasteiger partial charge in [0.1, 0.15) is 78.5 Å². The van der Waals surface area contributed by atoms with E-state index in [4.69, 9.17) is 22.9 Å². The van der Waals surface area contributed by atoms with E-state index in [0.29, 0.717) is 22.9 Å². The zero-order valence-corrected chi connectivity index (χ0v) is 64.7. The molecule has 2 aromatic rings. The van der Waals surface area contributed by atoms with Gasteiger partial charge in [-0.15, -0.1) is 0 Å². The van der Waals surface area contributed by atoms with Gasteiger partial charge in [-0.1, -0.05) is 66.2 Å². The molecule has 0 unspecified atom stereocenters. The molecular formula is C67H105N19O24S2. The topological polar surface area (TPSA) is 714 Å². The summed E-state index contributed by atoms with van der Waals surface area (Å²) in [5.41, 5.74) is 22.3. The number of amides is 17. The summed E-state index contributed by atoms with van der Waals surface area (Å²) in [5.74, 6) is -24.2. The molecule has 2 rings (SSSR count). The molecule has 0 spiro atoms. The normalized spacial score (nSPS) is 15.5. The quantitative estimate of drug-likeness (QED) is 0.0274. The predicted octanol–water partition coefficient (Wildman–Crippen LogP) is -9.58. The lowest BCUT2D eigenvalue weighted by molar-refractivity contribution is -0.144. The van der Waals surface area contributed by atoms with Crippen molar-refractivity contribution in [3.8, 4) is 0 Å². The molecule has 1 aromatic carbocycles. The summed E-state index contributed by atoms with van der Waals surface area (Å²) in [7, 11) is 0. The van der Waals surface area contributed by atoms with Crippen LogP contribution in [0.5, 0.6) is 0 Å². The SMILES string of the molecule is CC[C@H](C)[C@H](NC(=O)[C@H](CS)NC(=O)[C@H](CO)NC(=O)[C@H](C)NC(=O)[C@@H](NC(=O)[C@H](CC(C)C)NC(=O)[C@H](CC(=O)O)NC(=O)[C@H](CO)NC(=O)[C@H](Cc1c[nH]c2ccccc12)NC(=O)[C@H](CC(C)C)NC(=O)[C@H](CS)NC(=O)CNC(=O)[C@H](CCC(N)=O)NC(=O)[C@H](CC(N)=O)NC(=O)[C@@H](N)CC(N)=O)[C@@H](C)O)C(=O)O. The Morgan fingerprint density at radius 1 is 0.455 bits per heavy atom. The molecule has 0 fully saturated rings. The third-order valence-electron chi connectivity index (χ3n) is 16.8. The van der Waals surface area contributed by atoms with Crippen molar-refractivity contribution in [2.45, 2.75) is 204 Å². The summed E-state index contributed by atoms with van der Waals surface area (Å²) in [5, 5.41) is 83.5. The number of carbonyl (C=O) groups is 19. The lowest BCUT2D eigenvalue weighted by Crippen LogP contribution is -2.62. The Bertz CT molecular complexity index is 3700. The molecule has 0 saturated heterocycles. The average molecular weight is 1620 g/mol. The minimum Gasteiger partial charge on any atom is -0.481 e. The minimum absolute atomic E-state index is 0.141. The fourth-order valence-corrected chi connectivity index (χ4v) is 11.1. The smallest absolute Gasteiger partial charge is 0.326 e. The zero-order chi connectivity index (χ0) is 85.1. The molecule has 0 aliphatic carbocycles. The fraction of sp³-hybridized carbons (Fsp3) is 0.597. The van der Waals surface area contributed by atoms with Crippen molar-refractivity contribution in [3.63, 3.8) is 0 Å². The van der Waals surface area contributed by atoms with Gasteiger partial charge in [0.15, 0.2) is 0 Å². The number of nitrogens with two attached hydrogens (primary N) is 4. The van der Waals surface area contributed by atoms with Crippen molar-refractivity contribution in [2.75, 3.05) is 31.3 Å². The van der Waals surface area contributed by atoms with Crippen LogP contribution in [0.4, 0.5) is 0 Å². The second kappa shape index (κ2) is 48.1. The van der Waals surface area contributed by atoms with E-state index in [1.54, 1.807) is 65.8 Å². The minimum atomic E-state index is -2.10. The molecule has 624 valence electrons. The fourth-order valence-electron chi connectivity index (χ4n) is 10.6. The van der Waals surface area contributed by atoms with Gasteiger partial charge in [0.2, 0.25) is 100 Å². The van der Waals surface area contributed by atoms with E-state index < -0.39 is 273 Å². The standard InChI is InChI=1S/C67H105N19O24S2/c1-9-30(6)52(67(109)110)85-65(107)46(27-112)84-63(105)43(24-87)82-54(96)31(7)74-66(108)53(32(8)89)86-61(103)39(17-29(4)5)78-60(102)42(21-51(94)95)81-62(104)44(25-88)83-58(100)40(18-33-22-72-36-13-11-10-12-34(33)36)80-57(99)38(16-28(2)3)79-64(106)45(26-111)75-50(93)23-73-56(98)37(14-15-47(69)90)76-59(101)41(20-49(71)92)77-55(97)35(68)19-48(70)91/h10-13,22,28-32,35,37-46,52-53,72,87-89,111-112H,9,14-21,23-27,68H2,1-8H3,(H2,69,90)(H2,70,91)(H2,71,92)(H,73,98)(H,74,108)(H,75,93)(H,76,101)(H,77,97)(H,78,102)(H,79,106)(H,80,99)(H,81,104)(H,82,96)(H,83,100)(H,84,105)(H,85,107)(H,86,103)(H,94,95)(H,109,110)/t30-,31-,32+,35-,37-,38-,39-,40-,41-,42-,43-,44-,45-,46-,52-,53-/m0/s1. The number of rotatable bonds is 51. The van der Waals surface area contributed by atoms with Gasteiger partial charge in [0.05, 0.1) is 51.2 Å². The van der Waals surface area contributed by atoms with Crippen LogP contribution in [0, 0.1) is 17.8 Å². The highest BCUT2D eigenvalue weighted by atomic mass is 32.1. The Balaban J connectivity index is 2.39. The van der Waals surface area contributed by atoms with Gasteiger partial charge in [0.25, 0.3) is 0 Å². The molecule has 16 atom stereocenters. The van der Waals surface area contributed by atoms with Gasteiger partial charge >= 0.3 is 11.9 Å². The second-order valence-electron chi connectivity index (χ2n) is 27.2. The van der Waals surface area contributed by atoms with Crippen molar-refractivity contribution in [1.82, 2.24) is 79.4 Å². The van der Waals surface area contributed by atoms with E-state index in [9.17, 15) is 117 Å². The van der Waals surface area contributed by atoms with Gasteiger partial charge in [-0.25, -0.2) is 4.79 Å². The molecule has 112 heavy (non-hydrogen) atoms. The largest absolute Gasteiger partial charge is 0.481 e. The maximum absolute atomic E-state index is 14.6. The number of aliphatic hydroxyl groups excluding tert-OH is 3. The lowest BCUT2D eigenvalue weighted by atomic mass is 9.99. The van der Waals surface area contributed by atoms with E-state index in [2.05, 4.69) is 105 Å². The van der Waals surface area contributed by atoms with Crippen molar-refractivity contribution in [2.24, 2.45) is 40.7 Å². The van der Waals surface area contributed by atoms with E-state index in [0.717, 1.165) is 13.8 Å². The van der Waals surface area contributed by atoms with Crippen molar-refractivity contribution in [1.29, 1.82) is 0 Å². The summed E-state index contributed by atoms with van der Waals surface area (Å²) in [4.78, 5) is 253. The monoisotopic (exact) mass is 1620 g/mol. The number of aromatic nitrogens is 1. The van der Waals surface area contributed by atoms with Crippen LogP contribution in [-0.2, 0) is 97.5 Å². The van der Waals surface area contributed by atoms with Gasteiger partial charge < -0.3 is 128 Å². The molecular weight excluding hydrogens is 1520 g/mol. The lowest BCUT2D eigenvalue weighted by Gasteiger charge is -2.28. The number of benzene rings is 1. The van der Waals surface area contributed by atoms with Crippen LogP contribution in [0.2, 0.25) is 0 Å². The number of aliphatic hydroxyl groups is 3. The van der Waals surface area contributed by atoms with E-state index >= 15 is 0 Å².